The molecular weight excluding hydrogens is 490 g/mol. The molecule has 2 aliphatic rings. The van der Waals surface area contributed by atoms with Gasteiger partial charge in [0.25, 0.3) is 0 Å². The van der Waals surface area contributed by atoms with E-state index in [9.17, 15) is 4.79 Å². The van der Waals surface area contributed by atoms with Crippen LogP contribution < -0.4 is 4.74 Å². The van der Waals surface area contributed by atoms with Gasteiger partial charge in [-0.05, 0) is 113 Å². The molecule has 0 aromatic heterocycles. The molecule has 0 radical (unpaired) electrons. The molecule has 34 heavy (non-hydrogen) atoms. The maximum atomic E-state index is 12.5. The number of benzene rings is 1. The molecule has 0 unspecified atom stereocenters. The van der Waals surface area contributed by atoms with E-state index in [0.717, 1.165) is 56.7 Å². The molecule has 2 fully saturated rings. The van der Waals surface area contributed by atoms with E-state index in [2.05, 4.69) is 56.6 Å². The molecule has 1 aromatic carbocycles. The highest BCUT2D eigenvalue weighted by Gasteiger charge is 2.24. The van der Waals surface area contributed by atoms with Crippen LogP contribution in [-0.4, -0.2) is 80.1 Å². The molecule has 0 bridgehead atoms. The first-order valence-electron chi connectivity index (χ1n) is 13.6. The van der Waals surface area contributed by atoms with E-state index in [0.29, 0.717) is 12.3 Å². The van der Waals surface area contributed by atoms with E-state index in [1.165, 1.54) is 68.2 Å². The van der Waals surface area contributed by atoms with Gasteiger partial charge >= 0.3 is 0 Å². The molecule has 1 amide bonds. The number of rotatable bonds is 12. The van der Waals surface area contributed by atoms with Crippen molar-refractivity contribution in [3.63, 3.8) is 0 Å². The van der Waals surface area contributed by atoms with Crippen molar-refractivity contribution in [1.82, 2.24) is 14.7 Å². The number of piperidine rings is 2. The van der Waals surface area contributed by atoms with Crippen molar-refractivity contribution in [3.05, 3.63) is 28.2 Å². The number of amides is 1. The topological polar surface area (TPSA) is 36.0 Å². The van der Waals surface area contributed by atoms with Crippen LogP contribution in [0.1, 0.15) is 64.4 Å². The SMILES string of the molecule is CCN(CC)CCC(=O)N1CCC(CCCN2CCC(Cc3cc(OC)ccc3Br)CC2)CC1. The van der Waals surface area contributed by atoms with Gasteiger partial charge in [-0.25, -0.2) is 0 Å². The van der Waals surface area contributed by atoms with E-state index in [-0.39, 0.29) is 0 Å². The fourth-order valence-electron chi connectivity index (χ4n) is 5.59. The first-order chi connectivity index (χ1) is 16.5. The van der Waals surface area contributed by atoms with Crippen LogP contribution in [-0.2, 0) is 11.2 Å². The Hall–Kier alpha value is -1.11. The van der Waals surface area contributed by atoms with Crippen LogP contribution >= 0.6 is 15.9 Å². The highest BCUT2D eigenvalue weighted by Crippen LogP contribution is 2.29. The highest BCUT2D eigenvalue weighted by atomic mass is 79.9. The standard InChI is InChI=1S/C28H46BrN3O2/c1-4-30(5-2)18-14-28(33)32-19-12-23(13-20-32)7-6-15-31-16-10-24(11-17-31)21-25-22-26(34-3)8-9-27(25)29/h8-9,22-24H,4-7,10-21H2,1-3H3. The molecule has 5 nitrogen and oxygen atoms in total. The van der Waals surface area contributed by atoms with Gasteiger partial charge < -0.3 is 19.4 Å². The summed E-state index contributed by atoms with van der Waals surface area (Å²) in [7, 11) is 1.74. The van der Waals surface area contributed by atoms with Crippen LogP contribution in [0, 0.1) is 11.8 Å². The molecule has 1 aromatic rings. The number of ether oxygens (including phenoxy) is 1. The molecule has 192 valence electrons. The summed E-state index contributed by atoms with van der Waals surface area (Å²) < 4.78 is 6.61. The van der Waals surface area contributed by atoms with E-state index < -0.39 is 0 Å². The Bertz CT molecular complexity index is 739. The lowest BCUT2D eigenvalue weighted by Gasteiger charge is -2.34. The summed E-state index contributed by atoms with van der Waals surface area (Å²) in [6.45, 7) is 12.9. The fourth-order valence-corrected chi connectivity index (χ4v) is 5.99. The molecule has 0 N–H and O–H groups in total. The zero-order chi connectivity index (χ0) is 24.3. The van der Waals surface area contributed by atoms with Crippen molar-refractivity contribution in [2.45, 2.75) is 65.2 Å². The summed E-state index contributed by atoms with van der Waals surface area (Å²) in [5.41, 5.74) is 1.37. The highest BCUT2D eigenvalue weighted by molar-refractivity contribution is 9.10. The molecule has 2 saturated heterocycles. The Morgan fingerprint density at radius 3 is 2.38 bits per heavy atom. The Kier molecular flexibility index (Phi) is 11.7. The van der Waals surface area contributed by atoms with Gasteiger partial charge in [0.15, 0.2) is 0 Å². The van der Waals surface area contributed by atoms with Crippen molar-refractivity contribution < 1.29 is 9.53 Å². The largest absolute Gasteiger partial charge is 0.497 e. The third kappa shape index (κ3) is 8.53. The van der Waals surface area contributed by atoms with Gasteiger partial charge in [-0.2, -0.15) is 0 Å². The van der Waals surface area contributed by atoms with Crippen LogP contribution in [0.3, 0.4) is 0 Å². The van der Waals surface area contributed by atoms with Gasteiger partial charge in [-0.1, -0.05) is 29.8 Å². The van der Waals surface area contributed by atoms with Gasteiger partial charge in [0, 0.05) is 30.5 Å². The third-order valence-electron chi connectivity index (χ3n) is 8.06. The van der Waals surface area contributed by atoms with Crippen molar-refractivity contribution in [3.8, 4) is 5.75 Å². The fraction of sp³-hybridized carbons (Fsp3) is 0.750. The van der Waals surface area contributed by atoms with Gasteiger partial charge in [0.05, 0.1) is 7.11 Å². The van der Waals surface area contributed by atoms with E-state index >= 15 is 0 Å². The average molecular weight is 537 g/mol. The number of carbonyl (C=O) groups excluding carboxylic acids is 1. The van der Waals surface area contributed by atoms with Crippen LogP contribution in [0.25, 0.3) is 0 Å². The van der Waals surface area contributed by atoms with Crippen molar-refractivity contribution in [2.24, 2.45) is 11.8 Å². The minimum atomic E-state index is 0.356. The van der Waals surface area contributed by atoms with E-state index in [1.54, 1.807) is 7.11 Å². The Balaban J connectivity index is 1.28. The van der Waals surface area contributed by atoms with Crippen molar-refractivity contribution in [2.75, 3.05) is 59.5 Å². The lowest BCUT2D eigenvalue weighted by Crippen LogP contribution is -2.40. The van der Waals surface area contributed by atoms with Gasteiger partial charge in [0.1, 0.15) is 5.75 Å². The molecule has 0 spiro atoms. The normalized spacial score (nSPS) is 18.6. The molecule has 3 rings (SSSR count). The van der Waals surface area contributed by atoms with Crippen LogP contribution in [0.4, 0.5) is 0 Å². The molecule has 0 saturated carbocycles. The van der Waals surface area contributed by atoms with Crippen LogP contribution in [0.15, 0.2) is 22.7 Å². The summed E-state index contributed by atoms with van der Waals surface area (Å²) in [5, 5.41) is 0. The quantitative estimate of drug-likeness (QED) is 0.355. The summed E-state index contributed by atoms with van der Waals surface area (Å²) >= 11 is 3.71. The monoisotopic (exact) mass is 535 g/mol. The predicted octanol–water partition coefficient (Wildman–Crippen LogP) is 5.46. The molecule has 2 heterocycles. The Morgan fingerprint density at radius 2 is 1.74 bits per heavy atom. The number of carbonyl (C=O) groups is 1. The second kappa shape index (κ2) is 14.4. The number of hydrogen-bond acceptors (Lipinski definition) is 4. The smallest absolute Gasteiger partial charge is 0.223 e. The number of methoxy groups -OCH3 is 1. The lowest BCUT2D eigenvalue weighted by atomic mass is 9.89. The molecular formula is C28H46BrN3O2. The minimum absolute atomic E-state index is 0.356. The zero-order valence-corrected chi connectivity index (χ0v) is 23.3. The number of hydrogen-bond donors (Lipinski definition) is 0. The van der Waals surface area contributed by atoms with E-state index in [4.69, 9.17) is 4.74 Å². The summed E-state index contributed by atoms with van der Waals surface area (Å²) in [6, 6.07) is 6.31. The summed E-state index contributed by atoms with van der Waals surface area (Å²) in [4.78, 5) is 19.7. The van der Waals surface area contributed by atoms with Gasteiger partial charge in [-0.3, -0.25) is 4.79 Å². The molecule has 0 aliphatic carbocycles. The van der Waals surface area contributed by atoms with Crippen LogP contribution in [0.2, 0.25) is 0 Å². The Labute approximate surface area is 216 Å². The summed E-state index contributed by atoms with van der Waals surface area (Å²) in [5.74, 6) is 2.87. The molecule has 2 aliphatic heterocycles. The average Bonchev–Trinajstić information content (AvgIpc) is 2.87. The Morgan fingerprint density at radius 1 is 1.06 bits per heavy atom. The van der Waals surface area contributed by atoms with Gasteiger partial charge in [-0.15, -0.1) is 0 Å². The molecule has 0 atom stereocenters. The minimum Gasteiger partial charge on any atom is -0.497 e. The number of nitrogens with zero attached hydrogens (tertiary/aromatic N) is 3. The third-order valence-corrected chi connectivity index (χ3v) is 8.83. The van der Waals surface area contributed by atoms with E-state index in [1.807, 2.05) is 6.07 Å². The maximum absolute atomic E-state index is 12.5. The second-order valence-electron chi connectivity index (χ2n) is 10.2. The number of halogens is 1. The number of likely N-dealkylation sites (tertiary alicyclic amines) is 2. The van der Waals surface area contributed by atoms with Gasteiger partial charge in [0.2, 0.25) is 5.91 Å². The van der Waals surface area contributed by atoms with Crippen LogP contribution in [0.5, 0.6) is 5.75 Å². The van der Waals surface area contributed by atoms with Crippen molar-refractivity contribution in [1.29, 1.82) is 0 Å². The zero-order valence-electron chi connectivity index (χ0n) is 21.7. The first kappa shape index (κ1) is 27.5. The molecule has 6 heteroatoms. The first-order valence-corrected chi connectivity index (χ1v) is 14.4. The predicted molar refractivity (Wildman–Crippen MR) is 145 cm³/mol. The second-order valence-corrected chi connectivity index (χ2v) is 11.0. The lowest BCUT2D eigenvalue weighted by molar-refractivity contribution is -0.132. The summed E-state index contributed by atoms with van der Waals surface area (Å²) in [6.07, 6.45) is 9.39. The van der Waals surface area contributed by atoms with Crippen molar-refractivity contribution >= 4 is 21.8 Å². The maximum Gasteiger partial charge on any atom is 0.223 e.